The highest BCUT2D eigenvalue weighted by Crippen LogP contribution is 2.30. The maximum atomic E-state index is 12.7. The summed E-state index contributed by atoms with van der Waals surface area (Å²) in [5.41, 5.74) is 2.21. The lowest BCUT2D eigenvalue weighted by atomic mass is 9.84. The van der Waals surface area contributed by atoms with Gasteiger partial charge in [-0.25, -0.2) is 0 Å². The molecule has 1 N–H and O–H groups in total. The van der Waals surface area contributed by atoms with Crippen LogP contribution < -0.4 is 5.32 Å². The number of ketones is 2. The van der Waals surface area contributed by atoms with Crippen LogP contribution >= 0.6 is 0 Å². The fourth-order valence-electron chi connectivity index (χ4n) is 4.04. The number of rotatable bonds is 3. The monoisotopic (exact) mass is 347 g/mol. The molecule has 0 bridgehead atoms. The summed E-state index contributed by atoms with van der Waals surface area (Å²) in [7, 11) is 0. The van der Waals surface area contributed by atoms with E-state index >= 15 is 0 Å². The third-order valence-electron chi connectivity index (χ3n) is 5.41. The van der Waals surface area contributed by atoms with E-state index in [-0.39, 0.29) is 17.5 Å². The summed E-state index contributed by atoms with van der Waals surface area (Å²) >= 11 is 0. The molecule has 0 saturated heterocycles. The van der Waals surface area contributed by atoms with E-state index in [0.29, 0.717) is 40.3 Å². The van der Waals surface area contributed by atoms with Crippen LogP contribution in [0.5, 0.6) is 0 Å². The minimum atomic E-state index is -0.168. The van der Waals surface area contributed by atoms with Crippen molar-refractivity contribution in [1.82, 2.24) is 0 Å². The zero-order chi connectivity index (χ0) is 18.1. The first-order valence-corrected chi connectivity index (χ1v) is 9.26. The Morgan fingerprint density at radius 1 is 0.846 bits per heavy atom. The highest BCUT2D eigenvalue weighted by atomic mass is 16.2. The molecule has 2 aliphatic rings. The minimum absolute atomic E-state index is 0.0214. The summed E-state index contributed by atoms with van der Waals surface area (Å²) in [4.78, 5) is 37.7. The zero-order valence-corrected chi connectivity index (χ0v) is 14.6. The van der Waals surface area contributed by atoms with Gasteiger partial charge in [-0.05, 0) is 37.0 Å². The number of nitrogens with one attached hydrogen (secondary N) is 1. The number of hydrogen-bond acceptors (Lipinski definition) is 3. The first kappa shape index (κ1) is 16.7. The molecule has 0 heterocycles. The van der Waals surface area contributed by atoms with Crippen LogP contribution in [0.1, 0.15) is 70.4 Å². The van der Waals surface area contributed by atoms with Gasteiger partial charge in [-0.15, -0.1) is 0 Å². The van der Waals surface area contributed by atoms with Crippen LogP contribution in [0.15, 0.2) is 42.5 Å². The average molecular weight is 347 g/mol. The Morgan fingerprint density at radius 3 is 2.15 bits per heavy atom. The lowest BCUT2D eigenvalue weighted by Gasteiger charge is -2.21. The van der Waals surface area contributed by atoms with Gasteiger partial charge in [-0.3, -0.25) is 14.4 Å². The van der Waals surface area contributed by atoms with Crippen LogP contribution in [0.2, 0.25) is 0 Å². The quantitative estimate of drug-likeness (QED) is 0.765. The second-order valence-electron chi connectivity index (χ2n) is 7.22. The topological polar surface area (TPSA) is 63.2 Å². The number of hydrogen-bond donors (Lipinski definition) is 1. The van der Waals surface area contributed by atoms with Crippen molar-refractivity contribution in [1.29, 1.82) is 0 Å². The van der Waals surface area contributed by atoms with E-state index in [9.17, 15) is 14.4 Å². The molecule has 4 nitrogen and oxygen atoms in total. The molecule has 1 fully saturated rings. The summed E-state index contributed by atoms with van der Waals surface area (Å²) in [5.74, 6) is 0.122. The maximum Gasteiger partial charge on any atom is 0.224 e. The van der Waals surface area contributed by atoms with Crippen molar-refractivity contribution in [2.45, 2.75) is 38.5 Å². The smallest absolute Gasteiger partial charge is 0.224 e. The molecule has 0 unspecified atom stereocenters. The summed E-state index contributed by atoms with van der Waals surface area (Å²) in [6.07, 6.45) is 6.41. The number of amides is 1. The third-order valence-corrected chi connectivity index (χ3v) is 5.41. The molecule has 1 saturated carbocycles. The molecule has 2 aromatic carbocycles. The van der Waals surface area contributed by atoms with Gasteiger partial charge in [-0.1, -0.05) is 43.5 Å². The maximum absolute atomic E-state index is 12.7. The largest absolute Gasteiger partial charge is 0.326 e. The molecule has 2 aliphatic carbocycles. The fraction of sp³-hybridized carbons (Fsp3) is 0.318. The first-order valence-electron chi connectivity index (χ1n) is 9.26. The van der Waals surface area contributed by atoms with Crippen LogP contribution in [-0.2, 0) is 4.79 Å². The third kappa shape index (κ3) is 3.07. The second-order valence-corrected chi connectivity index (χ2v) is 7.22. The number of fused-ring (bicyclic) bond motifs is 2. The first-order chi connectivity index (χ1) is 12.6. The molecule has 132 valence electrons. The van der Waals surface area contributed by atoms with Gasteiger partial charge in [-0.2, -0.15) is 0 Å². The summed E-state index contributed by atoms with van der Waals surface area (Å²) in [6, 6.07) is 11.8. The Balaban J connectivity index is 1.54. The Kier molecular flexibility index (Phi) is 4.41. The molecule has 0 aliphatic heterocycles. The zero-order valence-electron chi connectivity index (χ0n) is 14.6. The lowest BCUT2D eigenvalue weighted by Crippen LogP contribution is -2.22. The van der Waals surface area contributed by atoms with E-state index in [4.69, 9.17) is 0 Å². The summed E-state index contributed by atoms with van der Waals surface area (Å²) in [5, 5.41) is 2.90. The molecule has 0 aromatic heterocycles. The van der Waals surface area contributed by atoms with Gasteiger partial charge in [0, 0.05) is 34.4 Å². The van der Waals surface area contributed by atoms with Crippen molar-refractivity contribution in [2.75, 3.05) is 5.32 Å². The molecular formula is C22H21NO3. The van der Waals surface area contributed by atoms with E-state index in [0.717, 1.165) is 12.8 Å². The van der Waals surface area contributed by atoms with Crippen molar-refractivity contribution >= 4 is 23.2 Å². The predicted octanol–water partition coefficient (Wildman–Crippen LogP) is 4.37. The molecule has 4 heteroatoms. The van der Waals surface area contributed by atoms with Gasteiger partial charge < -0.3 is 5.32 Å². The molecule has 0 atom stereocenters. The van der Waals surface area contributed by atoms with E-state index < -0.39 is 0 Å². The molecule has 26 heavy (non-hydrogen) atoms. The Bertz CT molecular complexity index is 894. The summed E-state index contributed by atoms with van der Waals surface area (Å²) < 4.78 is 0. The van der Waals surface area contributed by atoms with Crippen molar-refractivity contribution in [3.8, 4) is 0 Å². The molecule has 4 rings (SSSR count). The van der Waals surface area contributed by atoms with Crippen LogP contribution in [0.4, 0.5) is 5.69 Å². The van der Waals surface area contributed by atoms with Crippen molar-refractivity contribution in [2.24, 2.45) is 5.92 Å². The fourth-order valence-corrected chi connectivity index (χ4v) is 4.04. The van der Waals surface area contributed by atoms with Crippen molar-refractivity contribution in [3.63, 3.8) is 0 Å². The highest BCUT2D eigenvalue weighted by molar-refractivity contribution is 6.28. The molecular weight excluding hydrogens is 326 g/mol. The standard InChI is InChI=1S/C22H21NO3/c24-20(12-14-6-2-1-3-7-14)23-15-10-11-18-19(13-15)22(26)17-9-5-4-8-16(17)21(18)25/h4-5,8-11,13-14H,1-3,6-7,12H2,(H,23,24). The van der Waals surface area contributed by atoms with Crippen LogP contribution in [0.25, 0.3) is 0 Å². The Hall–Kier alpha value is -2.75. The van der Waals surface area contributed by atoms with Gasteiger partial charge >= 0.3 is 0 Å². The lowest BCUT2D eigenvalue weighted by molar-refractivity contribution is -0.117. The van der Waals surface area contributed by atoms with Crippen molar-refractivity contribution < 1.29 is 14.4 Å². The van der Waals surface area contributed by atoms with E-state index in [1.165, 1.54) is 19.3 Å². The van der Waals surface area contributed by atoms with Crippen LogP contribution in [-0.4, -0.2) is 17.5 Å². The number of anilines is 1. The van der Waals surface area contributed by atoms with E-state index in [1.807, 2.05) is 0 Å². The minimum Gasteiger partial charge on any atom is -0.326 e. The molecule has 2 aromatic rings. The average Bonchev–Trinajstić information content (AvgIpc) is 2.67. The number of carbonyl (C=O) groups is 3. The van der Waals surface area contributed by atoms with Gasteiger partial charge in [0.25, 0.3) is 0 Å². The van der Waals surface area contributed by atoms with Gasteiger partial charge in [0.05, 0.1) is 0 Å². The Labute approximate surface area is 152 Å². The van der Waals surface area contributed by atoms with E-state index in [1.54, 1.807) is 42.5 Å². The predicted molar refractivity (Wildman–Crippen MR) is 99.6 cm³/mol. The molecule has 0 spiro atoms. The van der Waals surface area contributed by atoms with Crippen LogP contribution in [0, 0.1) is 5.92 Å². The second kappa shape index (κ2) is 6.87. The van der Waals surface area contributed by atoms with Crippen LogP contribution in [0.3, 0.4) is 0 Å². The molecule has 0 radical (unpaired) electrons. The SMILES string of the molecule is O=C(CC1CCCCC1)Nc1ccc2c(c1)C(=O)c1ccccc1C2=O. The Morgan fingerprint density at radius 2 is 1.46 bits per heavy atom. The normalized spacial score (nSPS) is 16.8. The molecule has 1 amide bonds. The van der Waals surface area contributed by atoms with Gasteiger partial charge in [0.2, 0.25) is 5.91 Å². The van der Waals surface area contributed by atoms with Gasteiger partial charge in [0.1, 0.15) is 0 Å². The number of carbonyl (C=O) groups excluding carboxylic acids is 3. The highest BCUT2D eigenvalue weighted by Gasteiger charge is 2.29. The summed E-state index contributed by atoms with van der Waals surface area (Å²) in [6.45, 7) is 0. The number of benzene rings is 2. The van der Waals surface area contributed by atoms with Gasteiger partial charge in [0.15, 0.2) is 11.6 Å². The van der Waals surface area contributed by atoms with E-state index in [2.05, 4.69) is 5.32 Å². The van der Waals surface area contributed by atoms with Crippen molar-refractivity contribution in [3.05, 3.63) is 64.7 Å².